The Balaban J connectivity index is 0.000000608. The van der Waals surface area contributed by atoms with Crippen LogP contribution in [0.15, 0.2) is 127 Å². The van der Waals surface area contributed by atoms with Crippen molar-refractivity contribution in [1.29, 1.82) is 0 Å². The van der Waals surface area contributed by atoms with E-state index in [4.69, 9.17) is 36.3 Å². The number of halogens is 2. The average Bonchev–Trinajstić information content (AvgIpc) is 0.852. The quantitative estimate of drug-likeness (QED) is 0.0563. The monoisotopic (exact) mass is 1460 g/mol. The Morgan fingerprint density at radius 3 is 1.23 bits per heavy atom. The molecule has 0 aliphatic rings. The molecule has 0 radical (unpaired) electrons. The molecule has 7 aromatic carbocycles. The summed E-state index contributed by atoms with van der Waals surface area (Å²) in [5.74, 6) is -2.77. The van der Waals surface area contributed by atoms with Gasteiger partial charge < -0.3 is 54.0 Å². The number of methoxy groups -OCH3 is 5. The van der Waals surface area contributed by atoms with E-state index in [0.717, 1.165) is 59.9 Å². The van der Waals surface area contributed by atoms with E-state index in [1.807, 2.05) is 77.1 Å². The molecule has 0 atom stereocenters. The van der Waals surface area contributed by atoms with Crippen LogP contribution in [0.4, 0.5) is 10.1 Å². The summed E-state index contributed by atoms with van der Waals surface area (Å²) >= 11 is 5.82. The first-order chi connectivity index (χ1) is 49.0. The molecule has 564 valence electrons. The smallest absolute Gasteiger partial charge is 0.341 e. The number of nitrogens with zero attached hydrogens (tertiary/aromatic N) is 2. The van der Waals surface area contributed by atoms with Gasteiger partial charge in [-0.15, -0.1) is 0 Å². The van der Waals surface area contributed by atoms with Crippen molar-refractivity contribution in [1.82, 2.24) is 9.80 Å². The molecule has 3 N–H and O–H groups in total. The maximum atomic E-state index is 13.0. The highest BCUT2D eigenvalue weighted by molar-refractivity contribution is 6.31. The molecule has 0 aliphatic carbocycles. The van der Waals surface area contributed by atoms with E-state index in [0.29, 0.717) is 80.6 Å². The van der Waals surface area contributed by atoms with Gasteiger partial charge in [-0.2, -0.15) is 0 Å². The zero-order chi connectivity index (χ0) is 79.1. The number of nitrogens with two attached hydrogens (primary N) is 1. The number of carbonyl (C=O) groups excluding carboxylic acids is 9. The number of carbonyl (C=O) groups is 9. The normalized spacial score (nSPS) is 10.0. The lowest BCUT2D eigenvalue weighted by Crippen LogP contribution is -2.22. The van der Waals surface area contributed by atoms with E-state index in [-0.39, 0.29) is 46.7 Å². The van der Waals surface area contributed by atoms with E-state index >= 15 is 0 Å². The Labute approximate surface area is 619 Å². The first kappa shape index (κ1) is 91.6. The predicted octanol–water partition coefficient (Wildman–Crippen LogP) is 15.6. The number of anilines is 1. The largest absolute Gasteiger partial charge is 0.496 e. The average molecular weight is 1460 g/mol. The van der Waals surface area contributed by atoms with E-state index in [1.54, 1.807) is 111 Å². The molecular formula is C82H106ClFN4O16. The molecule has 0 spiro atoms. The number of aryl methyl sites for hydroxylation is 7. The summed E-state index contributed by atoms with van der Waals surface area (Å²) in [6.07, 6.45) is 5.06. The number of hydrogen-bond donors (Lipinski definition) is 2. The topological polar surface area (TPSA) is 263 Å². The summed E-state index contributed by atoms with van der Waals surface area (Å²) in [6.45, 7) is 24.7. The number of ether oxygens (including phenoxy) is 7. The van der Waals surface area contributed by atoms with Crippen LogP contribution in [0.1, 0.15) is 214 Å². The van der Waals surface area contributed by atoms with Gasteiger partial charge in [-0.25, -0.2) is 33.2 Å². The number of amides is 3. The lowest BCUT2D eigenvalue weighted by atomic mass is 9.85. The van der Waals surface area contributed by atoms with Gasteiger partial charge in [0.25, 0.3) is 11.8 Å². The van der Waals surface area contributed by atoms with E-state index < -0.39 is 23.7 Å². The van der Waals surface area contributed by atoms with Crippen LogP contribution in [0, 0.1) is 12.7 Å². The number of hydrogen-bond acceptors (Lipinski definition) is 17. The molecule has 0 heterocycles. The molecule has 104 heavy (non-hydrogen) atoms. The van der Waals surface area contributed by atoms with E-state index in [2.05, 4.69) is 66.3 Å². The second-order valence-corrected chi connectivity index (χ2v) is 24.8. The van der Waals surface area contributed by atoms with Crippen LogP contribution < -0.4 is 15.8 Å². The van der Waals surface area contributed by atoms with Gasteiger partial charge in [0.2, 0.25) is 5.91 Å². The third-order valence-electron chi connectivity index (χ3n) is 15.1. The van der Waals surface area contributed by atoms with Gasteiger partial charge in [0.15, 0.2) is 0 Å². The molecule has 7 rings (SSSR count). The van der Waals surface area contributed by atoms with E-state index in [1.165, 1.54) is 73.1 Å². The fraction of sp³-hybridized carbons (Fsp3) is 0.378. The second kappa shape index (κ2) is 47.0. The predicted molar refractivity (Wildman–Crippen MR) is 408 cm³/mol. The highest BCUT2D eigenvalue weighted by Crippen LogP contribution is 2.26. The Bertz CT molecular complexity index is 3950. The van der Waals surface area contributed by atoms with Crippen LogP contribution in [-0.4, -0.2) is 147 Å². The highest BCUT2D eigenvalue weighted by Gasteiger charge is 2.20. The van der Waals surface area contributed by atoms with Crippen LogP contribution >= 0.6 is 11.6 Å². The summed E-state index contributed by atoms with van der Waals surface area (Å²) in [4.78, 5) is 106. The van der Waals surface area contributed by atoms with Gasteiger partial charge in [0.05, 0.1) is 76.6 Å². The van der Waals surface area contributed by atoms with Gasteiger partial charge in [-0.3, -0.25) is 14.4 Å². The number of primary amides is 1. The van der Waals surface area contributed by atoms with Crippen molar-refractivity contribution in [3.8, 4) is 5.75 Å². The molecule has 20 nitrogen and oxygen atoms in total. The number of esters is 6. The number of nitrogens with one attached hydrogen (secondary N) is 1. The van der Waals surface area contributed by atoms with Crippen LogP contribution in [0.5, 0.6) is 5.75 Å². The van der Waals surface area contributed by atoms with Crippen LogP contribution in [-0.2, 0) is 72.4 Å². The minimum absolute atomic E-state index is 0.0496. The number of rotatable bonds is 19. The summed E-state index contributed by atoms with van der Waals surface area (Å²) in [6, 6.07) is 36.7. The molecular weight excluding hydrogens is 1350 g/mol. The zero-order valence-corrected chi connectivity index (χ0v) is 65.3. The van der Waals surface area contributed by atoms with Crippen molar-refractivity contribution < 1.29 is 80.7 Å². The maximum Gasteiger partial charge on any atom is 0.341 e. The molecule has 0 saturated heterocycles. The minimum atomic E-state index is -0.551. The van der Waals surface area contributed by atoms with Gasteiger partial charge in [0, 0.05) is 62.6 Å². The first-order valence-corrected chi connectivity index (χ1v) is 34.3. The molecule has 7 aromatic rings. The molecule has 0 saturated carbocycles. The van der Waals surface area contributed by atoms with Crippen molar-refractivity contribution in [2.24, 2.45) is 5.73 Å². The van der Waals surface area contributed by atoms with Gasteiger partial charge >= 0.3 is 35.8 Å². The van der Waals surface area contributed by atoms with Gasteiger partial charge in [-0.05, 0) is 213 Å². The standard InChI is InChI=1S/C14H20O2.C13H17NO3.C12H16O3.C11H13FO2.C11H15N3O2.C11H14O2.C10H11ClO2/c1-6-10-7-11(13(15)16-5)9-12(8-10)14(2,3)4;1-5-9-6-10(12(15)14(2)3)8-11(7-9)13(16)17-4;1-4-9-6-7-11(14-3)10(8-9)12(13)15-5-2;1-3-8-5-9(7-10(12)6-8)11(13)14-4-2;1-13-9-5-7(10(12)15)4-8(6-9)11(16)14(2)3;1-4-9-5-8(2)6-10(7-9)11(12)13-3;1-3-7-4-8(10(12)13-2)6-9(11)5-7/h7-9H,6H2,1-5H3;6-8H,5H2,1-4H3;6-8H,4-5H2,1-3H3;5-7H,3-4H2,1-2H3;4-6,13H,1-3H3,(H2,12,15);5-7H,4H2,1-3H3;4-6H,3H2,1-2H3. The van der Waals surface area contributed by atoms with Crippen molar-refractivity contribution in [3.63, 3.8) is 0 Å². The Morgan fingerprint density at radius 1 is 0.433 bits per heavy atom. The Hall–Kier alpha value is -10.4. The van der Waals surface area contributed by atoms with Gasteiger partial charge in [-0.1, -0.05) is 97.7 Å². The summed E-state index contributed by atoms with van der Waals surface area (Å²) in [7, 11) is 15.4. The zero-order valence-electron chi connectivity index (χ0n) is 64.5. The van der Waals surface area contributed by atoms with E-state index in [9.17, 15) is 47.5 Å². The molecule has 0 aromatic heterocycles. The second-order valence-electron chi connectivity index (χ2n) is 24.4. The number of benzene rings is 7. The van der Waals surface area contributed by atoms with Gasteiger partial charge in [0.1, 0.15) is 17.1 Å². The fourth-order valence-electron chi connectivity index (χ4n) is 9.30. The van der Waals surface area contributed by atoms with Crippen molar-refractivity contribution in [3.05, 3.63) is 233 Å². The Morgan fingerprint density at radius 2 is 0.808 bits per heavy atom. The Kier molecular flexibility index (Phi) is 41.4. The van der Waals surface area contributed by atoms with Crippen molar-refractivity contribution in [2.45, 2.75) is 127 Å². The summed E-state index contributed by atoms with van der Waals surface area (Å²) in [5, 5.41) is 3.45. The van der Waals surface area contributed by atoms with Crippen LogP contribution in [0.3, 0.4) is 0 Å². The third-order valence-corrected chi connectivity index (χ3v) is 15.3. The van der Waals surface area contributed by atoms with Crippen LogP contribution in [0.2, 0.25) is 5.02 Å². The molecule has 3 amide bonds. The SMILES string of the molecule is CCOC(=O)c1cc(CC)ccc1OC.CCOC(=O)c1cc(F)cc(CC)c1.CCc1cc(C(=O)OC)cc(C(=O)N(C)C)c1.CCc1cc(C(=O)OC)cc(C(C)(C)C)c1.CCc1cc(C)cc(C(=O)OC)c1.CCc1cc(Cl)cc(C(=O)OC)c1.CNc1cc(C(N)=O)cc(C(=O)N(C)C)c1. The molecule has 0 unspecified atom stereocenters. The summed E-state index contributed by atoms with van der Waals surface area (Å²) in [5.41, 5.74) is 18.7. The lowest BCUT2D eigenvalue weighted by molar-refractivity contribution is 0.0514. The molecule has 0 fully saturated rings. The van der Waals surface area contributed by atoms with Crippen LogP contribution in [0.25, 0.3) is 0 Å². The summed E-state index contributed by atoms with van der Waals surface area (Å²) < 4.78 is 46.5. The molecule has 22 heteroatoms. The molecule has 0 bridgehead atoms. The van der Waals surface area contributed by atoms with Crippen molar-refractivity contribution >= 4 is 70.8 Å². The minimum Gasteiger partial charge on any atom is -0.496 e. The fourth-order valence-corrected chi connectivity index (χ4v) is 9.55. The first-order valence-electron chi connectivity index (χ1n) is 33.9. The highest BCUT2D eigenvalue weighted by atomic mass is 35.5. The molecule has 0 aliphatic heterocycles. The maximum absolute atomic E-state index is 13.0. The lowest BCUT2D eigenvalue weighted by Gasteiger charge is -2.20. The van der Waals surface area contributed by atoms with Crippen molar-refractivity contribution in [2.75, 3.05) is 89.3 Å². The third kappa shape index (κ3) is 31.5.